The molecule has 1 saturated heterocycles. The van der Waals surface area contributed by atoms with Crippen molar-refractivity contribution in [2.75, 3.05) is 18.0 Å². The van der Waals surface area contributed by atoms with Crippen LogP contribution in [0.2, 0.25) is 0 Å². The van der Waals surface area contributed by atoms with Crippen LogP contribution in [-0.2, 0) is 6.54 Å². The van der Waals surface area contributed by atoms with E-state index in [1.165, 1.54) is 32.1 Å². The molecule has 2 heterocycles. The van der Waals surface area contributed by atoms with E-state index >= 15 is 0 Å². The van der Waals surface area contributed by atoms with Gasteiger partial charge in [0.1, 0.15) is 5.82 Å². The standard InChI is InChI=1S/C15H26N4/c1-3-14-8-6-5-7-9-19(14)15-12-17-11-13(18-15)10-16-4-2/h11-12,14,16H,3-10H2,1-2H3. The molecule has 0 aliphatic carbocycles. The first-order valence-corrected chi connectivity index (χ1v) is 7.63. The molecule has 1 aromatic heterocycles. The first-order valence-electron chi connectivity index (χ1n) is 7.63. The van der Waals surface area contributed by atoms with Gasteiger partial charge < -0.3 is 10.2 Å². The molecule has 1 aromatic rings. The van der Waals surface area contributed by atoms with Crippen LogP contribution in [-0.4, -0.2) is 29.1 Å². The third-order valence-electron chi connectivity index (χ3n) is 3.87. The first kappa shape index (κ1) is 14.3. The maximum atomic E-state index is 4.77. The lowest BCUT2D eigenvalue weighted by Crippen LogP contribution is -2.35. The quantitative estimate of drug-likeness (QED) is 0.886. The van der Waals surface area contributed by atoms with Crippen molar-refractivity contribution in [3.8, 4) is 0 Å². The maximum Gasteiger partial charge on any atom is 0.147 e. The van der Waals surface area contributed by atoms with Gasteiger partial charge in [-0.25, -0.2) is 4.98 Å². The highest BCUT2D eigenvalue weighted by Gasteiger charge is 2.21. The Kier molecular flexibility index (Phi) is 5.58. The van der Waals surface area contributed by atoms with Crippen LogP contribution >= 0.6 is 0 Å². The minimum Gasteiger partial charge on any atom is -0.352 e. The van der Waals surface area contributed by atoms with E-state index in [4.69, 9.17) is 4.98 Å². The zero-order valence-electron chi connectivity index (χ0n) is 12.2. The fourth-order valence-electron chi connectivity index (χ4n) is 2.77. The fraction of sp³-hybridized carbons (Fsp3) is 0.733. The molecule has 1 aliphatic heterocycles. The molecule has 1 aliphatic rings. The number of nitrogens with one attached hydrogen (secondary N) is 1. The fourth-order valence-corrected chi connectivity index (χ4v) is 2.77. The van der Waals surface area contributed by atoms with E-state index < -0.39 is 0 Å². The van der Waals surface area contributed by atoms with Crippen molar-refractivity contribution in [2.24, 2.45) is 0 Å². The van der Waals surface area contributed by atoms with Crippen LogP contribution in [0.25, 0.3) is 0 Å². The zero-order chi connectivity index (χ0) is 13.5. The van der Waals surface area contributed by atoms with Crippen molar-refractivity contribution >= 4 is 5.82 Å². The third-order valence-corrected chi connectivity index (χ3v) is 3.87. The van der Waals surface area contributed by atoms with Gasteiger partial charge in [0.05, 0.1) is 11.9 Å². The molecule has 0 bridgehead atoms. The zero-order valence-corrected chi connectivity index (χ0v) is 12.2. The average Bonchev–Trinajstić information content (AvgIpc) is 2.70. The highest BCUT2D eigenvalue weighted by molar-refractivity contribution is 5.38. The van der Waals surface area contributed by atoms with Crippen LogP contribution in [0.1, 0.15) is 51.6 Å². The van der Waals surface area contributed by atoms with Crippen molar-refractivity contribution in [3.63, 3.8) is 0 Å². The predicted molar refractivity (Wildman–Crippen MR) is 79.3 cm³/mol. The molecule has 1 unspecified atom stereocenters. The van der Waals surface area contributed by atoms with E-state index in [1.54, 1.807) is 0 Å². The van der Waals surface area contributed by atoms with Crippen molar-refractivity contribution in [1.82, 2.24) is 15.3 Å². The predicted octanol–water partition coefficient (Wildman–Crippen LogP) is 2.75. The molecule has 4 heteroatoms. The Morgan fingerprint density at radius 1 is 1.26 bits per heavy atom. The molecule has 0 spiro atoms. The molecule has 1 N–H and O–H groups in total. The van der Waals surface area contributed by atoms with Crippen LogP contribution in [0.4, 0.5) is 5.82 Å². The second kappa shape index (κ2) is 7.43. The number of anilines is 1. The molecule has 0 amide bonds. The summed E-state index contributed by atoms with van der Waals surface area (Å²) in [4.78, 5) is 11.6. The van der Waals surface area contributed by atoms with Gasteiger partial charge in [0, 0.05) is 25.3 Å². The number of aromatic nitrogens is 2. The van der Waals surface area contributed by atoms with Gasteiger partial charge in [0.15, 0.2) is 0 Å². The van der Waals surface area contributed by atoms with Gasteiger partial charge in [0.2, 0.25) is 0 Å². The highest BCUT2D eigenvalue weighted by atomic mass is 15.2. The molecular formula is C15H26N4. The first-order chi connectivity index (χ1) is 9.35. The largest absolute Gasteiger partial charge is 0.352 e. The molecule has 0 radical (unpaired) electrons. The SMILES string of the molecule is CCNCc1cncc(N2CCCCCC2CC)n1. The van der Waals surface area contributed by atoms with E-state index in [-0.39, 0.29) is 0 Å². The summed E-state index contributed by atoms with van der Waals surface area (Å²) >= 11 is 0. The van der Waals surface area contributed by atoms with Gasteiger partial charge in [-0.1, -0.05) is 26.7 Å². The maximum absolute atomic E-state index is 4.77. The lowest BCUT2D eigenvalue weighted by atomic mass is 10.1. The smallest absolute Gasteiger partial charge is 0.147 e. The van der Waals surface area contributed by atoms with Crippen LogP contribution in [0.15, 0.2) is 12.4 Å². The summed E-state index contributed by atoms with van der Waals surface area (Å²) in [5.74, 6) is 1.06. The molecule has 2 rings (SSSR count). The molecule has 106 valence electrons. The van der Waals surface area contributed by atoms with E-state index in [0.717, 1.165) is 31.1 Å². The van der Waals surface area contributed by atoms with Gasteiger partial charge in [-0.05, 0) is 25.8 Å². The minimum atomic E-state index is 0.631. The Morgan fingerprint density at radius 2 is 2.16 bits per heavy atom. The molecule has 1 fully saturated rings. The van der Waals surface area contributed by atoms with Gasteiger partial charge in [-0.15, -0.1) is 0 Å². The van der Waals surface area contributed by atoms with Crippen LogP contribution in [0.3, 0.4) is 0 Å². The topological polar surface area (TPSA) is 41.1 Å². The molecule has 1 atom stereocenters. The normalized spacial score (nSPS) is 20.3. The van der Waals surface area contributed by atoms with E-state index in [0.29, 0.717) is 6.04 Å². The van der Waals surface area contributed by atoms with Crippen LogP contribution in [0, 0.1) is 0 Å². The van der Waals surface area contributed by atoms with E-state index in [2.05, 4.69) is 29.0 Å². The Hall–Kier alpha value is -1.16. The summed E-state index contributed by atoms with van der Waals surface area (Å²) in [6.45, 7) is 7.28. The summed E-state index contributed by atoms with van der Waals surface area (Å²) < 4.78 is 0. The van der Waals surface area contributed by atoms with Gasteiger partial charge in [-0.2, -0.15) is 0 Å². The lowest BCUT2D eigenvalue weighted by molar-refractivity contribution is 0.550. The average molecular weight is 262 g/mol. The molecule has 0 saturated carbocycles. The third kappa shape index (κ3) is 3.90. The van der Waals surface area contributed by atoms with Crippen molar-refractivity contribution in [3.05, 3.63) is 18.1 Å². The molecule has 4 nitrogen and oxygen atoms in total. The summed E-state index contributed by atoms with van der Waals surface area (Å²) in [5.41, 5.74) is 1.04. The van der Waals surface area contributed by atoms with Crippen LogP contribution in [0.5, 0.6) is 0 Å². The number of hydrogen-bond donors (Lipinski definition) is 1. The Bertz CT molecular complexity index is 380. The number of rotatable bonds is 5. The van der Waals surface area contributed by atoms with Gasteiger partial charge in [-0.3, -0.25) is 4.98 Å². The van der Waals surface area contributed by atoms with E-state index in [9.17, 15) is 0 Å². The van der Waals surface area contributed by atoms with Gasteiger partial charge >= 0.3 is 0 Å². The summed E-state index contributed by atoms with van der Waals surface area (Å²) in [5, 5.41) is 3.31. The lowest BCUT2D eigenvalue weighted by Gasteiger charge is -2.30. The van der Waals surface area contributed by atoms with Crippen LogP contribution < -0.4 is 10.2 Å². The molecule has 0 aromatic carbocycles. The Labute approximate surface area is 116 Å². The van der Waals surface area contributed by atoms with Crippen molar-refractivity contribution < 1.29 is 0 Å². The van der Waals surface area contributed by atoms with Gasteiger partial charge in [0.25, 0.3) is 0 Å². The van der Waals surface area contributed by atoms with Crippen molar-refractivity contribution in [2.45, 2.75) is 58.5 Å². The number of hydrogen-bond acceptors (Lipinski definition) is 4. The second-order valence-electron chi connectivity index (χ2n) is 5.25. The summed E-state index contributed by atoms with van der Waals surface area (Å²) in [7, 11) is 0. The Morgan fingerprint density at radius 3 is 2.95 bits per heavy atom. The van der Waals surface area contributed by atoms with Crippen molar-refractivity contribution in [1.29, 1.82) is 0 Å². The summed E-state index contributed by atoms with van der Waals surface area (Å²) in [6.07, 6.45) is 10.2. The monoisotopic (exact) mass is 262 g/mol. The van der Waals surface area contributed by atoms with E-state index in [1.807, 2.05) is 12.4 Å². The second-order valence-corrected chi connectivity index (χ2v) is 5.25. The highest BCUT2D eigenvalue weighted by Crippen LogP contribution is 2.23. The summed E-state index contributed by atoms with van der Waals surface area (Å²) in [6, 6.07) is 0.631. The number of nitrogens with zero attached hydrogens (tertiary/aromatic N) is 3. The molecular weight excluding hydrogens is 236 g/mol. The minimum absolute atomic E-state index is 0.631. The Balaban J connectivity index is 2.13. The molecule has 19 heavy (non-hydrogen) atoms.